The summed E-state index contributed by atoms with van der Waals surface area (Å²) < 4.78 is 11.3. The van der Waals surface area contributed by atoms with Gasteiger partial charge in [-0.3, -0.25) is 0 Å². The molecule has 0 saturated heterocycles. The molecular formula is C16H22N3O4S2+. The summed E-state index contributed by atoms with van der Waals surface area (Å²) in [5.74, 6) is 0.932. The molecule has 7 nitrogen and oxygen atoms in total. The summed E-state index contributed by atoms with van der Waals surface area (Å²) in [6, 6.07) is 3.26. The predicted octanol–water partition coefficient (Wildman–Crippen LogP) is 3.50. The Bertz CT molecular complexity index is 825. The number of rotatable bonds is 4. The summed E-state index contributed by atoms with van der Waals surface area (Å²) in [6.07, 6.45) is -0.000344. The lowest BCUT2D eigenvalue weighted by Gasteiger charge is -2.19. The van der Waals surface area contributed by atoms with Gasteiger partial charge in [-0.1, -0.05) is 20.8 Å². The summed E-state index contributed by atoms with van der Waals surface area (Å²) in [4.78, 5) is 28.5. The van der Waals surface area contributed by atoms with Crippen molar-refractivity contribution < 1.29 is 19.1 Å². The molecule has 1 heterocycles. The number of nitrogens with zero attached hydrogens (tertiary/aromatic N) is 3. The van der Waals surface area contributed by atoms with Crippen LogP contribution in [0.25, 0.3) is 11.0 Å². The van der Waals surface area contributed by atoms with Crippen molar-refractivity contribution >= 4 is 54.9 Å². The molecule has 136 valence electrons. The van der Waals surface area contributed by atoms with Crippen LogP contribution in [0.4, 0.5) is 10.5 Å². The molecule has 25 heavy (non-hydrogen) atoms. The van der Waals surface area contributed by atoms with Crippen LogP contribution in [0.1, 0.15) is 33.5 Å². The van der Waals surface area contributed by atoms with Crippen molar-refractivity contribution in [3.05, 3.63) is 18.0 Å². The number of carbonyl (C=O) groups excluding carboxylic acids is 2. The van der Waals surface area contributed by atoms with Crippen molar-refractivity contribution in [1.82, 2.24) is 12.8 Å². The van der Waals surface area contributed by atoms with E-state index in [0.29, 0.717) is 34.7 Å². The Morgan fingerprint density at radius 3 is 2.48 bits per heavy atom. The maximum absolute atomic E-state index is 12.5. The van der Waals surface area contributed by atoms with E-state index in [1.165, 1.54) is 11.7 Å². The van der Waals surface area contributed by atoms with Gasteiger partial charge in [-0.05, 0) is 6.92 Å². The Morgan fingerprint density at radius 2 is 2.00 bits per heavy atom. The largest absolute Gasteiger partial charge is 0.491 e. The van der Waals surface area contributed by atoms with Crippen LogP contribution >= 0.6 is 25.6 Å². The van der Waals surface area contributed by atoms with Gasteiger partial charge < -0.3 is 9.47 Å². The lowest BCUT2D eigenvalue weighted by atomic mass is 9.96. The number of aromatic nitrogens is 2. The average molecular weight is 385 g/mol. The lowest BCUT2D eigenvalue weighted by Crippen LogP contribution is -2.26. The van der Waals surface area contributed by atoms with Crippen molar-refractivity contribution in [2.75, 3.05) is 13.7 Å². The fraction of sp³-hybridized carbons (Fsp3) is 0.438. The van der Waals surface area contributed by atoms with Gasteiger partial charge in [0.05, 0.1) is 50.4 Å². The highest BCUT2D eigenvalue weighted by atomic mass is 32.2. The third-order valence-electron chi connectivity index (χ3n) is 3.58. The second kappa shape index (κ2) is 6.89. The van der Waals surface area contributed by atoms with Gasteiger partial charge in [0.25, 0.3) is 0 Å². The molecule has 0 N–H and O–H groups in total. The van der Waals surface area contributed by atoms with Gasteiger partial charge in [-0.2, -0.15) is 0 Å². The molecule has 0 aliphatic carbocycles. The van der Waals surface area contributed by atoms with Gasteiger partial charge in [0.2, 0.25) is 5.69 Å². The standard InChI is InChI=1S/C16H22N3O4S2/c1-6-23-15(21)18-11-8-12(19(24,25)9-20)13(22-5)7-10(11)17-14(18)16(2,3)4/h7-9,24-25H,6H2,1-5H3/q+1. The van der Waals surface area contributed by atoms with E-state index in [1.807, 2.05) is 20.8 Å². The number of hydrogen-bond donors (Lipinski definition) is 2. The Balaban J connectivity index is 2.88. The van der Waals surface area contributed by atoms with Gasteiger partial charge in [-0.25, -0.2) is 19.1 Å². The molecule has 0 radical (unpaired) electrons. The third kappa shape index (κ3) is 3.63. The van der Waals surface area contributed by atoms with Crippen LogP contribution in [0.15, 0.2) is 12.1 Å². The van der Waals surface area contributed by atoms with Crippen molar-refractivity contribution in [2.24, 2.45) is 0 Å². The second-order valence-corrected chi connectivity index (χ2v) is 8.06. The molecule has 0 atom stereocenters. The molecule has 0 spiro atoms. The predicted molar refractivity (Wildman–Crippen MR) is 103 cm³/mol. The average Bonchev–Trinajstić information content (AvgIpc) is 2.92. The maximum atomic E-state index is 12.5. The number of amides is 1. The Morgan fingerprint density at radius 1 is 1.36 bits per heavy atom. The van der Waals surface area contributed by atoms with Crippen molar-refractivity contribution in [1.29, 1.82) is 0 Å². The highest BCUT2D eigenvalue weighted by Crippen LogP contribution is 2.40. The van der Waals surface area contributed by atoms with E-state index in [9.17, 15) is 9.59 Å². The van der Waals surface area contributed by atoms with Crippen LogP contribution in [-0.4, -0.2) is 35.8 Å². The summed E-state index contributed by atoms with van der Waals surface area (Å²) >= 11 is 8.45. The number of methoxy groups -OCH3 is 1. The molecule has 0 aliphatic heterocycles. The zero-order chi connectivity index (χ0) is 19.0. The van der Waals surface area contributed by atoms with Gasteiger partial charge in [0.1, 0.15) is 5.82 Å². The van der Waals surface area contributed by atoms with E-state index in [0.717, 1.165) is 0 Å². The SMILES string of the molecule is CCOC(=O)n1c(C(C)(C)C)nc2cc(OC)c([N+](S)(S)C=O)cc21. The molecule has 0 aliphatic rings. The van der Waals surface area contributed by atoms with Gasteiger partial charge in [0, 0.05) is 17.5 Å². The number of fused-ring (bicyclic) bond motifs is 1. The molecule has 2 aromatic rings. The van der Waals surface area contributed by atoms with Gasteiger partial charge >= 0.3 is 12.5 Å². The monoisotopic (exact) mass is 384 g/mol. The van der Waals surface area contributed by atoms with E-state index in [-0.39, 0.29) is 6.61 Å². The Labute approximate surface area is 157 Å². The highest BCUT2D eigenvalue weighted by molar-refractivity contribution is 7.98. The smallest absolute Gasteiger partial charge is 0.419 e. The third-order valence-corrected chi connectivity index (χ3v) is 4.20. The van der Waals surface area contributed by atoms with E-state index < -0.39 is 14.8 Å². The van der Waals surface area contributed by atoms with Crippen LogP contribution in [-0.2, 0) is 14.9 Å². The fourth-order valence-corrected chi connectivity index (χ4v) is 2.76. The first-order valence-corrected chi connectivity index (χ1v) is 8.46. The van der Waals surface area contributed by atoms with Crippen molar-refractivity contribution in [3.8, 4) is 5.75 Å². The first kappa shape index (κ1) is 19.6. The topological polar surface area (TPSA) is 70.4 Å². The fourth-order valence-electron chi connectivity index (χ4n) is 2.45. The quantitative estimate of drug-likeness (QED) is 0.480. The van der Waals surface area contributed by atoms with E-state index in [4.69, 9.17) is 9.47 Å². The summed E-state index contributed by atoms with van der Waals surface area (Å²) in [7, 11) is 1.48. The van der Waals surface area contributed by atoms with E-state index in [2.05, 4.69) is 30.6 Å². The second-order valence-electron chi connectivity index (χ2n) is 6.49. The van der Waals surface area contributed by atoms with Crippen LogP contribution < -0.4 is 8.03 Å². The first-order chi connectivity index (χ1) is 11.6. The molecule has 1 aromatic carbocycles. The van der Waals surface area contributed by atoms with E-state index >= 15 is 0 Å². The zero-order valence-electron chi connectivity index (χ0n) is 14.8. The van der Waals surface area contributed by atoms with E-state index in [1.54, 1.807) is 19.1 Å². The van der Waals surface area contributed by atoms with Crippen LogP contribution in [0.2, 0.25) is 0 Å². The lowest BCUT2D eigenvalue weighted by molar-refractivity contribution is -0.110. The number of ether oxygens (including phenoxy) is 2. The van der Waals surface area contributed by atoms with Crippen molar-refractivity contribution in [2.45, 2.75) is 33.1 Å². The minimum atomic E-state index is -0.655. The summed E-state index contributed by atoms with van der Waals surface area (Å²) in [5.41, 5.74) is 0.998. The molecular weight excluding hydrogens is 362 g/mol. The van der Waals surface area contributed by atoms with Crippen LogP contribution in [0.5, 0.6) is 5.75 Å². The molecule has 2 rings (SSSR count). The van der Waals surface area contributed by atoms with Gasteiger partial charge in [0.15, 0.2) is 5.75 Å². The molecule has 1 aromatic heterocycles. The normalized spacial score (nSPS) is 12.3. The number of imidazole rings is 1. The molecule has 0 saturated carbocycles. The molecule has 0 bridgehead atoms. The first-order valence-electron chi connectivity index (χ1n) is 7.66. The summed E-state index contributed by atoms with van der Waals surface area (Å²) in [5, 5.41) is 0. The van der Waals surface area contributed by atoms with Crippen LogP contribution in [0, 0.1) is 0 Å². The number of hydrogen-bond acceptors (Lipinski definition) is 7. The number of benzene rings is 1. The minimum absolute atomic E-state index is 0.235. The molecule has 0 fully saturated rings. The highest BCUT2D eigenvalue weighted by Gasteiger charge is 2.32. The number of quaternary nitrogens is 1. The molecule has 1 amide bonds. The van der Waals surface area contributed by atoms with Crippen LogP contribution in [0.3, 0.4) is 0 Å². The minimum Gasteiger partial charge on any atom is -0.491 e. The Kier molecular flexibility index (Phi) is 5.41. The number of thiol groups is 2. The Hall–Kier alpha value is -1.71. The zero-order valence-corrected chi connectivity index (χ0v) is 16.6. The number of carbonyl (C=O) groups is 2. The summed E-state index contributed by atoms with van der Waals surface area (Å²) in [6.45, 7) is 7.82. The van der Waals surface area contributed by atoms with Crippen molar-refractivity contribution in [3.63, 3.8) is 0 Å². The molecule has 0 unspecified atom stereocenters. The molecule has 9 heteroatoms. The maximum Gasteiger partial charge on any atom is 0.419 e. The van der Waals surface area contributed by atoms with Gasteiger partial charge in [-0.15, -0.1) is 3.29 Å².